The van der Waals surface area contributed by atoms with Gasteiger partial charge in [0.05, 0.1) is 0 Å². The predicted octanol–water partition coefficient (Wildman–Crippen LogP) is 2.77. The fourth-order valence-corrected chi connectivity index (χ4v) is 4.04. The van der Waals surface area contributed by atoms with Gasteiger partial charge in [-0.1, -0.05) is 19.1 Å². The number of rotatable bonds is 5. The highest BCUT2D eigenvalue weighted by Gasteiger charge is 2.18. The fourth-order valence-electron chi connectivity index (χ4n) is 4.04. The number of fused-ring (bicyclic) bond motifs is 1. The van der Waals surface area contributed by atoms with E-state index in [0.717, 1.165) is 61.3 Å². The molecule has 0 spiro atoms. The van der Waals surface area contributed by atoms with E-state index in [-0.39, 0.29) is 11.5 Å². The SMILES string of the molecule is CCc1cc2ccc(CN3CCN(c4ccc(C(=O)NC)cc4)CC3)cc2[nH]c1=O. The van der Waals surface area contributed by atoms with Crippen molar-refractivity contribution in [1.82, 2.24) is 15.2 Å². The number of hydrogen-bond acceptors (Lipinski definition) is 4. The molecule has 1 fully saturated rings. The minimum absolute atomic E-state index is 0.0122. The maximum Gasteiger partial charge on any atom is 0.251 e. The molecule has 0 aliphatic carbocycles. The van der Waals surface area contributed by atoms with Gasteiger partial charge in [-0.15, -0.1) is 0 Å². The summed E-state index contributed by atoms with van der Waals surface area (Å²) in [4.78, 5) is 31.6. The summed E-state index contributed by atoms with van der Waals surface area (Å²) in [6.07, 6.45) is 0.742. The number of nitrogens with one attached hydrogen (secondary N) is 2. The van der Waals surface area contributed by atoms with Crippen molar-refractivity contribution in [3.8, 4) is 0 Å². The normalized spacial score (nSPS) is 14.8. The molecule has 1 amide bonds. The molecule has 0 bridgehead atoms. The Morgan fingerprint density at radius 3 is 2.43 bits per heavy atom. The van der Waals surface area contributed by atoms with Crippen molar-refractivity contribution in [2.24, 2.45) is 0 Å². The number of benzene rings is 2. The molecule has 1 aromatic heterocycles. The Labute approximate surface area is 176 Å². The van der Waals surface area contributed by atoms with Gasteiger partial charge in [-0.3, -0.25) is 14.5 Å². The molecule has 0 saturated carbocycles. The zero-order chi connectivity index (χ0) is 21.1. The van der Waals surface area contributed by atoms with Crippen molar-refractivity contribution in [3.63, 3.8) is 0 Å². The van der Waals surface area contributed by atoms with Crippen LogP contribution in [0.3, 0.4) is 0 Å². The topological polar surface area (TPSA) is 68.4 Å². The van der Waals surface area contributed by atoms with Gasteiger partial charge < -0.3 is 15.2 Å². The van der Waals surface area contributed by atoms with E-state index in [2.05, 4.69) is 38.3 Å². The van der Waals surface area contributed by atoms with Crippen LogP contribution < -0.4 is 15.8 Å². The number of pyridine rings is 1. The van der Waals surface area contributed by atoms with Crippen LogP contribution in [-0.4, -0.2) is 49.0 Å². The smallest absolute Gasteiger partial charge is 0.251 e. The third kappa shape index (κ3) is 4.24. The maximum absolute atomic E-state index is 12.1. The lowest BCUT2D eigenvalue weighted by atomic mass is 10.1. The molecule has 1 aliphatic heterocycles. The Hall–Kier alpha value is -3.12. The van der Waals surface area contributed by atoms with E-state index >= 15 is 0 Å². The lowest BCUT2D eigenvalue weighted by Gasteiger charge is -2.36. The number of aryl methyl sites for hydroxylation is 1. The third-order valence-corrected chi connectivity index (χ3v) is 5.87. The molecule has 0 radical (unpaired) electrons. The monoisotopic (exact) mass is 404 g/mol. The molecule has 1 aliphatic rings. The summed E-state index contributed by atoms with van der Waals surface area (Å²) in [5.74, 6) is -0.0611. The first-order chi connectivity index (χ1) is 14.6. The van der Waals surface area contributed by atoms with Crippen LogP contribution in [0.15, 0.2) is 53.3 Å². The van der Waals surface area contributed by atoms with Crippen molar-refractivity contribution in [2.75, 3.05) is 38.1 Å². The number of aromatic amines is 1. The van der Waals surface area contributed by atoms with Crippen LogP contribution >= 0.6 is 0 Å². The number of aromatic nitrogens is 1. The molecule has 156 valence electrons. The molecule has 30 heavy (non-hydrogen) atoms. The molecule has 2 heterocycles. The predicted molar refractivity (Wildman–Crippen MR) is 121 cm³/mol. The second-order valence-corrected chi connectivity index (χ2v) is 7.79. The van der Waals surface area contributed by atoms with Gasteiger partial charge in [-0.05, 0) is 53.8 Å². The molecular formula is C24H28N4O2. The van der Waals surface area contributed by atoms with Crippen LogP contribution in [0.25, 0.3) is 10.9 Å². The standard InChI is InChI=1S/C24H28N4O2/c1-3-18-15-20-5-4-17(14-22(20)26-24(18)30)16-27-10-12-28(13-11-27)21-8-6-19(7-9-21)23(29)25-2/h4-9,14-15H,3,10-13,16H2,1-2H3,(H,25,29)(H,26,30). The molecular weight excluding hydrogens is 376 g/mol. The fraction of sp³-hybridized carbons (Fsp3) is 0.333. The lowest BCUT2D eigenvalue weighted by Crippen LogP contribution is -2.46. The maximum atomic E-state index is 12.1. The summed E-state index contributed by atoms with van der Waals surface area (Å²) in [7, 11) is 1.64. The van der Waals surface area contributed by atoms with Crippen LogP contribution in [0.5, 0.6) is 0 Å². The number of anilines is 1. The van der Waals surface area contributed by atoms with Crippen LogP contribution in [0.4, 0.5) is 5.69 Å². The molecule has 0 unspecified atom stereocenters. The van der Waals surface area contributed by atoms with E-state index in [9.17, 15) is 9.59 Å². The van der Waals surface area contributed by atoms with E-state index in [1.54, 1.807) is 7.05 Å². The zero-order valence-electron chi connectivity index (χ0n) is 17.6. The summed E-state index contributed by atoms with van der Waals surface area (Å²) in [5.41, 5.74) is 4.79. The molecule has 0 atom stereocenters. The summed E-state index contributed by atoms with van der Waals surface area (Å²) in [6, 6.07) is 16.1. The van der Waals surface area contributed by atoms with Gasteiger partial charge in [0.2, 0.25) is 0 Å². The third-order valence-electron chi connectivity index (χ3n) is 5.87. The van der Waals surface area contributed by atoms with Crippen molar-refractivity contribution in [2.45, 2.75) is 19.9 Å². The Morgan fingerprint density at radius 1 is 1.03 bits per heavy atom. The number of H-pyrrole nitrogens is 1. The number of carbonyl (C=O) groups is 1. The Morgan fingerprint density at radius 2 is 1.77 bits per heavy atom. The highest BCUT2D eigenvalue weighted by atomic mass is 16.1. The number of amides is 1. The van der Waals surface area contributed by atoms with E-state index < -0.39 is 0 Å². The second kappa shape index (κ2) is 8.71. The summed E-state index contributed by atoms with van der Waals surface area (Å²) in [5, 5.41) is 3.73. The lowest BCUT2D eigenvalue weighted by molar-refractivity contribution is 0.0963. The Kier molecular flexibility index (Phi) is 5.86. The number of piperazine rings is 1. The van der Waals surface area contributed by atoms with Gasteiger partial charge in [-0.25, -0.2) is 0 Å². The number of hydrogen-bond donors (Lipinski definition) is 2. The van der Waals surface area contributed by atoms with Gasteiger partial charge in [0.1, 0.15) is 0 Å². The highest BCUT2D eigenvalue weighted by Crippen LogP contribution is 2.20. The molecule has 1 saturated heterocycles. The first-order valence-corrected chi connectivity index (χ1v) is 10.5. The second-order valence-electron chi connectivity index (χ2n) is 7.79. The van der Waals surface area contributed by atoms with Crippen LogP contribution in [0.2, 0.25) is 0 Å². The summed E-state index contributed by atoms with van der Waals surface area (Å²) < 4.78 is 0. The minimum Gasteiger partial charge on any atom is -0.369 e. The Balaban J connectivity index is 1.38. The molecule has 3 aromatic rings. The quantitative estimate of drug-likeness (QED) is 0.686. The zero-order valence-corrected chi connectivity index (χ0v) is 17.6. The number of carbonyl (C=O) groups excluding carboxylic acids is 1. The van der Waals surface area contributed by atoms with Gasteiger partial charge in [-0.2, -0.15) is 0 Å². The first-order valence-electron chi connectivity index (χ1n) is 10.5. The van der Waals surface area contributed by atoms with Crippen molar-refractivity contribution in [1.29, 1.82) is 0 Å². The van der Waals surface area contributed by atoms with Gasteiger partial charge in [0.25, 0.3) is 11.5 Å². The van der Waals surface area contributed by atoms with Gasteiger partial charge >= 0.3 is 0 Å². The van der Waals surface area contributed by atoms with Crippen LogP contribution in [-0.2, 0) is 13.0 Å². The summed E-state index contributed by atoms with van der Waals surface area (Å²) in [6.45, 7) is 6.71. The molecule has 6 heteroatoms. The molecule has 6 nitrogen and oxygen atoms in total. The Bertz CT molecular complexity index is 1100. The van der Waals surface area contributed by atoms with Gasteiger partial charge in [0, 0.05) is 62.1 Å². The van der Waals surface area contributed by atoms with Crippen molar-refractivity contribution < 1.29 is 4.79 Å². The average Bonchev–Trinajstić information content (AvgIpc) is 2.78. The number of nitrogens with zero attached hydrogens (tertiary/aromatic N) is 2. The van der Waals surface area contributed by atoms with Crippen LogP contribution in [0.1, 0.15) is 28.4 Å². The highest BCUT2D eigenvalue weighted by molar-refractivity contribution is 5.94. The van der Waals surface area contributed by atoms with Crippen LogP contribution in [0, 0.1) is 0 Å². The average molecular weight is 405 g/mol. The van der Waals surface area contributed by atoms with E-state index in [1.807, 2.05) is 37.3 Å². The largest absolute Gasteiger partial charge is 0.369 e. The van der Waals surface area contributed by atoms with E-state index in [0.29, 0.717) is 5.56 Å². The molecule has 2 aromatic carbocycles. The van der Waals surface area contributed by atoms with E-state index in [1.165, 1.54) is 5.56 Å². The van der Waals surface area contributed by atoms with E-state index in [4.69, 9.17) is 0 Å². The first kappa shape index (κ1) is 20.2. The minimum atomic E-state index is -0.0611. The van der Waals surface area contributed by atoms with Crippen molar-refractivity contribution in [3.05, 3.63) is 75.6 Å². The summed E-state index contributed by atoms with van der Waals surface area (Å²) >= 11 is 0. The van der Waals surface area contributed by atoms with Crippen molar-refractivity contribution >= 4 is 22.5 Å². The molecule has 4 rings (SSSR count). The molecule has 2 N–H and O–H groups in total. The van der Waals surface area contributed by atoms with Gasteiger partial charge in [0.15, 0.2) is 0 Å².